The molecule has 0 saturated heterocycles. The molecule has 0 aliphatic carbocycles. The van der Waals surface area contributed by atoms with Crippen molar-refractivity contribution in [1.29, 1.82) is 0 Å². The molecule has 0 fully saturated rings. The van der Waals surface area contributed by atoms with Crippen molar-refractivity contribution in [3.05, 3.63) is 12.3 Å². The minimum atomic E-state index is -0.280. The van der Waals surface area contributed by atoms with Gasteiger partial charge in [0.25, 0.3) is 0 Å². The molecule has 0 radical (unpaired) electrons. The molecule has 0 unspecified atom stereocenters. The van der Waals surface area contributed by atoms with Crippen molar-refractivity contribution in [3.63, 3.8) is 0 Å². The fourth-order valence-corrected chi connectivity index (χ4v) is 0.164. The predicted octanol–water partition coefficient (Wildman–Crippen LogP) is -1.92. The molecule has 0 bridgehead atoms. The van der Waals surface area contributed by atoms with Gasteiger partial charge in [-0.3, -0.25) is 4.79 Å². The number of hydrogen-bond acceptors (Lipinski definition) is 2. The molecule has 0 spiro atoms. The first-order valence-electron chi connectivity index (χ1n) is 2.05. The molecule has 2 nitrogen and oxygen atoms in total. The van der Waals surface area contributed by atoms with Crippen molar-refractivity contribution in [2.75, 3.05) is 0 Å². The Balaban J connectivity index is -0.000000180. The van der Waals surface area contributed by atoms with Gasteiger partial charge < -0.3 is 21.7 Å². The first-order valence-corrected chi connectivity index (χ1v) is 2.05. The third-order valence-electron chi connectivity index (χ3n) is 0.370. The van der Waals surface area contributed by atoms with Crippen molar-refractivity contribution in [3.8, 4) is 0 Å². The van der Waals surface area contributed by atoms with Crippen molar-refractivity contribution >= 4 is 5.97 Å². The van der Waals surface area contributed by atoms with Crippen LogP contribution in [0, 0.1) is 0 Å². The van der Waals surface area contributed by atoms with Gasteiger partial charge in [-0.25, -0.2) is 0 Å². The van der Waals surface area contributed by atoms with E-state index in [1.54, 1.807) is 13.0 Å². The van der Waals surface area contributed by atoms with Gasteiger partial charge in [0.2, 0.25) is 0 Å². The monoisotopic (exact) mass is 243 g/mol. The maximum atomic E-state index is 9.93. The summed E-state index contributed by atoms with van der Waals surface area (Å²) >= 11 is 0. The minimum absolute atomic E-state index is 0. The van der Waals surface area contributed by atoms with Gasteiger partial charge in [0.05, 0.1) is 6.26 Å². The SMILES string of the molecule is C/C=C/OC(C)=O.[Br-].[Zn]. The largest absolute Gasteiger partial charge is 1.00 e. The van der Waals surface area contributed by atoms with Crippen molar-refractivity contribution in [2.24, 2.45) is 0 Å². The number of carbonyl (C=O) groups is 1. The molecule has 0 aliphatic heterocycles. The summed E-state index contributed by atoms with van der Waals surface area (Å²) in [5, 5.41) is 0. The van der Waals surface area contributed by atoms with Crippen LogP contribution < -0.4 is 17.0 Å². The van der Waals surface area contributed by atoms with Crippen LogP contribution in [0.5, 0.6) is 0 Å². The van der Waals surface area contributed by atoms with Crippen LogP contribution in [-0.2, 0) is 29.0 Å². The average Bonchev–Trinajstić information content (AvgIpc) is 1.61. The predicted molar refractivity (Wildman–Crippen MR) is 26.6 cm³/mol. The van der Waals surface area contributed by atoms with E-state index in [9.17, 15) is 4.79 Å². The molecule has 0 rings (SSSR count). The Morgan fingerprint density at radius 2 is 2.00 bits per heavy atom. The summed E-state index contributed by atoms with van der Waals surface area (Å²) in [7, 11) is 0. The number of rotatable bonds is 1. The summed E-state index contributed by atoms with van der Waals surface area (Å²) in [5.74, 6) is -0.280. The molecule has 0 amide bonds. The first-order chi connectivity index (χ1) is 3.27. The molecular formula is C5H8BrO2Zn-. The number of carbonyl (C=O) groups excluding carboxylic acids is 1. The number of hydrogen-bond donors (Lipinski definition) is 0. The van der Waals surface area contributed by atoms with Crippen LogP contribution in [0.1, 0.15) is 13.8 Å². The Bertz CT molecular complexity index is 93.0. The van der Waals surface area contributed by atoms with E-state index in [4.69, 9.17) is 0 Å². The molecule has 4 heteroatoms. The second kappa shape index (κ2) is 11.2. The van der Waals surface area contributed by atoms with Gasteiger partial charge in [-0.2, -0.15) is 0 Å². The zero-order valence-electron chi connectivity index (χ0n) is 5.56. The number of halogens is 1. The standard InChI is InChI=1S/C5H8O2.BrH.Zn/c1-3-4-7-5(2)6;;/h3-4H,1-2H3;1H;/p-1/b4-3+;;. The van der Waals surface area contributed by atoms with Crippen molar-refractivity contribution in [2.45, 2.75) is 13.8 Å². The Kier molecular flexibility index (Phi) is 20.0. The first kappa shape index (κ1) is 16.1. The average molecular weight is 245 g/mol. The molecule has 0 aliphatic rings. The molecule has 0 aromatic carbocycles. The van der Waals surface area contributed by atoms with E-state index in [1.807, 2.05) is 0 Å². The van der Waals surface area contributed by atoms with Crippen LogP contribution in [-0.4, -0.2) is 5.97 Å². The zero-order chi connectivity index (χ0) is 5.70. The van der Waals surface area contributed by atoms with Gasteiger partial charge >= 0.3 is 5.97 Å². The van der Waals surface area contributed by atoms with Crippen LogP contribution in [0.25, 0.3) is 0 Å². The van der Waals surface area contributed by atoms with Gasteiger partial charge in [-0.1, -0.05) is 6.08 Å². The van der Waals surface area contributed by atoms with Gasteiger partial charge in [-0.05, 0) is 6.92 Å². The van der Waals surface area contributed by atoms with Crippen molar-refractivity contribution < 1.29 is 46.0 Å². The Hall–Kier alpha value is 0.313. The molecule has 0 atom stereocenters. The van der Waals surface area contributed by atoms with E-state index in [0.717, 1.165) is 0 Å². The molecular weight excluding hydrogens is 237 g/mol. The summed E-state index contributed by atoms with van der Waals surface area (Å²) in [5.41, 5.74) is 0. The van der Waals surface area contributed by atoms with Crippen LogP contribution in [0.15, 0.2) is 12.3 Å². The van der Waals surface area contributed by atoms with E-state index < -0.39 is 0 Å². The molecule has 0 aromatic heterocycles. The summed E-state index contributed by atoms with van der Waals surface area (Å²) in [6, 6.07) is 0. The Morgan fingerprint density at radius 1 is 1.56 bits per heavy atom. The third-order valence-corrected chi connectivity index (χ3v) is 0.370. The van der Waals surface area contributed by atoms with Gasteiger partial charge in [0.1, 0.15) is 0 Å². The fraction of sp³-hybridized carbons (Fsp3) is 0.400. The quantitative estimate of drug-likeness (QED) is 0.306. The smallest absolute Gasteiger partial charge is 0.307 e. The summed E-state index contributed by atoms with van der Waals surface area (Å²) in [4.78, 5) is 9.93. The molecule has 9 heavy (non-hydrogen) atoms. The number of allylic oxidation sites excluding steroid dienone is 1. The van der Waals surface area contributed by atoms with Crippen LogP contribution in [0.2, 0.25) is 0 Å². The Labute approximate surface area is 78.2 Å². The second-order valence-electron chi connectivity index (χ2n) is 1.08. The van der Waals surface area contributed by atoms with Gasteiger partial charge in [-0.15, -0.1) is 0 Å². The number of esters is 1. The summed E-state index contributed by atoms with van der Waals surface area (Å²) < 4.78 is 4.37. The third kappa shape index (κ3) is 17.8. The Morgan fingerprint density at radius 3 is 2.11 bits per heavy atom. The summed E-state index contributed by atoms with van der Waals surface area (Å²) in [6.07, 6.45) is 3.00. The van der Waals surface area contributed by atoms with Crippen molar-refractivity contribution in [1.82, 2.24) is 0 Å². The number of ether oxygens (including phenoxy) is 1. The molecule has 0 N–H and O–H groups in total. The van der Waals surface area contributed by atoms with E-state index in [2.05, 4.69) is 4.74 Å². The normalized spacial score (nSPS) is 7.33. The van der Waals surface area contributed by atoms with E-state index in [-0.39, 0.29) is 42.4 Å². The maximum absolute atomic E-state index is 9.93. The molecule has 0 aromatic rings. The van der Waals surface area contributed by atoms with Gasteiger partial charge in [0, 0.05) is 26.4 Å². The minimum Gasteiger partial charge on any atom is -1.00 e. The second-order valence-corrected chi connectivity index (χ2v) is 1.08. The fourth-order valence-electron chi connectivity index (χ4n) is 0.164. The molecule has 0 saturated carbocycles. The maximum Gasteiger partial charge on any atom is 0.307 e. The van der Waals surface area contributed by atoms with E-state index >= 15 is 0 Å². The van der Waals surface area contributed by atoms with Crippen LogP contribution in [0.4, 0.5) is 0 Å². The topological polar surface area (TPSA) is 26.3 Å². The van der Waals surface area contributed by atoms with Gasteiger partial charge in [0.15, 0.2) is 0 Å². The zero-order valence-corrected chi connectivity index (χ0v) is 10.1. The van der Waals surface area contributed by atoms with E-state index in [0.29, 0.717) is 0 Å². The summed E-state index contributed by atoms with van der Waals surface area (Å²) in [6.45, 7) is 3.14. The molecule has 0 heterocycles. The van der Waals surface area contributed by atoms with Crippen LogP contribution in [0.3, 0.4) is 0 Å². The molecule has 50 valence electrons. The van der Waals surface area contributed by atoms with Crippen LogP contribution >= 0.6 is 0 Å². The van der Waals surface area contributed by atoms with E-state index in [1.165, 1.54) is 13.2 Å².